The molecular formula is C30H31NO4. The van der Waals surface area contributed by atoms with E-state index < -0.39 is 0 Å². The number of benzene rings is 4. The van der Waals surface area contributed by atoms with Gasteiger partial charge in [0.15, 0.2) is 0 Å². The zero-order valence-electron chi connectivity index (χ0n) is 21.0. The molecule has 0 unspecified atom stereocenters. The van der Waals surface area contributed by atoms with Crippen molar-refractivity contribution in [3.8, 4) is 28.7 Å². The molecular weight excluding hydrogens is 438 g/mol. The lowest BCUT2D eigenvalue weighted by Gasteiger charge is -2.29. The van der Waals surface area contributed by atoms with E-state index in [0.29, 0.717) is 17.1 Å². The van der Waals surface area contributed by atoms with Gasteiger partial charge in [-0.3, -0.25) is 0 Å². The topological polar surface area (TPSA) is 73.2 Å². The van der Waals surface area contributed by atoms with Crippen LogP contribution in [0.2, 0.25) is 0 Å². The summed E-state index contributed by atoms with van der Waals surface area (Å²) in [5, 5.41) is 31.3. The minimum Gasteiger partial charge on any atom is -0.508 e. The Balaban J connectivity index is 1.88. The molecule has 4 rings (SSSR count). The molecule has 35 heavy (non-hydrogen) atoms. The summed E-state index contributed by atoms with van der Waals surface area (Å²) in [5.41, 5.74) is 7.49. The average molecular weight is 470 g/mol. The minimum atomic E-state index is 0.189. The summed E-state index contributed by atoms with van der Waals surface area (Å²) in [4.78, 5) is 2.01. The second-order valence-electron chi connectivity index (χ2n) is 9.19. The van der Waals surface area contributed by atoms with Gasteiger partial charge in [-0.2, -0.15) is 0 Å². The molecule has 0 aliphatic rings. The van der Waals surface area contributed by atoms with Crippen LogP contribution >= 0.6 is 0 Å². The Morgan fingerprint density at radius 3 is 1.74 bits per heavy atom. The maximum atomic E-state index is 10.5. The van der Waals surface area contributed by atoms with Gasteiger partial charge in [0.05, 0.1) is 11.4 Å². The average Bonchev–Trinajstić information content (AvgIpc) is 2.79. The molecule has 0 saturated heterocycles. The van der Waals surface area contributed by atoms with Crippen molar-refractivity contribution in [3.05, 3.63) is 94.0 Å². The van der Waals surface area contributed by atoms with Gasteiger partial charge in [-0.25, -0.2) is 0 Å². The molecule has 0 aliphatic heterocycles. The fraction of sp³-hybridized carbons (Fsp3) is 0.200. The lowest BCUT2D eigenvalue weighted by atomic mass is 10.0. The molecule has 0 aliphatic carbocycles. The molecule has 180 valence electrons. The van der Waals surface area contributed by atoms with Crippen molar-refractivity contribution in [2.75, 3.05) is 4.90 Å². The number of anilines is 3. The Morgan fingerprint density at radius 1 is 0.600 bits per heavy atom. The first kappa shape index (κ1) is 24.0. The zero-order chi connectivity index (χ0) is 25.4. The summed E-state index contributed by atoms with van der Waals surface area (Å²) in [6, 6.07) is 18.6. The van der Waals surface area contributed by atoms with Crippen molar-refractivity contribution in [2.24, 2.45) is 0 Å². The number of aryl methyl sites for hydroxylation is 5. The van der Waals surface area contributed by atoms with E-state index in [1.165, 1.54) is 0 Å². The molecule has 5 nitrogen and oxygen atoms in total. The fourth-order valence-electron chi connectivity index (χ4n) is 4.28. The van der Waals surface area contributed by atoms with Crippen molar-refractivity contribution in [1.82, 2.24) is 0 Å². The van der Waals surface area contributed by atoms with Crippen molar-refractivity contribution in [3.63, 3.8) is 0 Å². The Bertz CT molecular complexity index is 1370. The van der Waals surface area contributed by atoms with Gasteiger partial charge in [-0.15, -0.1) is 0 Å². The van der Waals surface area contributed by atoms with E-state index in [-0.39, 0.29) is 17.2 Å². The van der Waals surface area contributed by atoms with Gasteiger partial charge < -0.3 is 25.0 Å². The summed E-state index contributed by atoms with van der Waals surface area (Å²) in [5.74, 6) is 1.77. The van der Waals surface area contributed by atoms with Crippen LogP contribution in [0.15, 0.2) is 60.7 Å². The molecule has 5 heteroatoms. The summed E-state index contributed by atoms with van der Waals surface area (Å²) in [7, 11) is 0. The number of ether oxygens (including phenoxy) is 1. The van der Waals surface area contributed by atoms with Crippen molar-refractivity contribution >= 4 is 17.1 Å². The van der Waals surface area contributed by atoms with Gasteiger partial charge in [-0.1, -0.05) is 18.2 Å². The molecule has 3 N–H and O–H groups in total. The van der Waals surface area contributed by atoms with Crippen LogP contribution in [0.1, 0.15) is 33.4 Å². The fourth-order valence-corrected chi connectivity index (χ4v) is 4.28. The number of phenols is 3. The van der Waals surface area contributed by atoms with E-state index >= 15 is 0 Å². The Labute approximate surface area is 206 Å². The van der Waals surface area contributed by atoms with E-state index in [1.54, 1.807) is 18.2 Å². The monoisotopic (exact) mass is 469 g/mol. The van der Waals surface area contributed by atoms with Crippen LogP contribution < -0.4 is 9.64 Å². The third kappa shape index (κ3) is 4.76. The molecule has 0 bridgehead atoms. The largest absolute Gasteiger partial charge is 0.508 e. The summed E-state index contributed by atoms with van der Waals surface area (Å²) < 4.78 is 6.19. The first-order valence-corrected chi connectivity index (χ1v) is 11.5. The number of hydrogen-bond donors (Lipinski definition) is 3. The van der Waals surface area contributed by atoms with E-state index in [0.717, 1.165) is 44.9 Å². The Morgan fingerprint density at radius 2 is 1.17 bits per heavy atom. The van der Waals surface area contributed by atoms with Gasteiger partial charge in [0.25, 0.3) is 0 Å². The first-order chi connectivity index (χ1) is 16.5. The molecule has 4 aromatic rings. The molecule has 4 aromatic carbocycles. The molecule has 0 fully saturated rings. The highest BCUT2D eigenvalue weighted by molar-refractivity contribution is 5.82. The normalized spacial score (nSPS) is 10.9. The number of phenolic OH excluding ortho intramolecular Hbond substituents is 3. The second kappa shape index (κ2) is 9.26. The lowest BCUT2D eigenvalue weighted by Crippen LogP contribution is -2.13. The van der Waals surface area contributed by atoms with Crippen LogP contribution in [-0.4, -0.2) is 15.3 Å². The molecule has 0 heterocycles. The van der Waals surface area contributed by atoms with Crippen LogP contribution in [0, 0.1) is 41.5 Å². The maximum Gasteiger partial charge on any atom is 0.134 e. The van der Waals surface area contributed by atoms with E-state index in [2.05, 4.69) is 0 Å². The highest BCUT2D eigenvalue weighted by atomic mass is 16.5. The zero-order valence-corrected chi connectivity index (χ0v) is 21.0. The lowest BCUT2D eigenvalue weighted by molar-refractivity contribution is 0.447. The third-order valence-corrected chi connectivity index (χ3v) is 6.29. The number of hydrogen-bond acceptors (Lipinski definition) is 5. The molecule has 0 amide bonds. The number of aromatic hydroxyl groups is 3. The standard InChI is InChI=1S/C30H31NO4/c1-17-10-29(34)22(6)30(11-17)35-24-9-7-8-23(14-24)31(25-15-27(32)20(4)12-18(25)2)26-16-28(33)21(5)13-19(26)3/h7-16,32-34H,1-6H3. The molecule has 0 aromatic heterocycles. The van der Waals surface area contributed by atoms with Crippen LogP contribution in [0.4, 0.5) is 17.1 Å². The highest BCUT2D eigenvalue weighted by Gasteiger charge is 2.20. The van der Waals surface area contributed by atoms with E-state index in [4.69, 9.17) is 4.74 Å². The summed E-state index contributed by atoms with van der Waals surface area (Å²) >= 11 is 0. The predicted molar refractivity (Wildman–Crippen MR) is 141 cm³/mol. The van der Waals surface area contributed by atoms with Gasteiger partial charge in [0, 0.05) is 29.4 Å². The minimum absolute atomic E-state index is 0.189. The highest BCUT2D eigenvalue weighted by Crippen LogP contribution is 2.43. The van der Waals surface area contributed by atoms with Crippen LogP contribution in [0.3, 0.4) is 0 Å². The number of rotatable bonds is 5. The molecule has 0 spiro atoms. The summed E-state index contributed by atoms with van der Waals surface area (Å²) in [6.45, 7) is 11.5. The van der Waals surface area contributed by atoms with Gasteiger partial charge in [-0.05, 0) is 93.6 Å². The van der Waals surface area contributed by atoms with Crippen molar-refractivity contribution < 1.29 is 20.1 Å². The summed E-state index contributed by atoms with van der Waals surface area (Å²) in [6.07, 6.45) is 0. The smallest absolute Gasteiger partial charge is 0.134 e. The second-order valence-corrected chi connectivity index (χ2v) is 9.19. The molecule has 0 radical (unpaired) electrons. The third-order valence-electron chi connectivity index (χ3n) is 6.29. The molecule has 0 atom stereocenters. The van der Waals surface area contributed by atoms with Gasteiger partial charge >= 0.3 is 0 Å². The van der Waals surface area contributed by atoms with Crippen LogP contribution in [0.25, 0.3) is 0 Å². The quantitative estimate of drug-likeness (QED) is 0.277. The van der Waals surface area contributed by atoms with Crippen LogP contribution in [-0.2, 0) is 0 Å². The van der Waals surface area contributed by atoms with Gasteiger partial charge in [0.2, 0.25) is 0 Å². The Hall–Kier alpha value is -4.12. The van der Waals surface area contributed by atoms with Gasteiger partial charge in [0.1, 0.15) is 28.7 Å². The maximum absolute atomic E-state index is 10.5. The van der Waals surface area contributed by atoms with Crippen molar-refractivity contribution in [2.45, 2.75) is 41.5 Å². The van der Waals surface area contributed by atoms with E-state index in [9.17, 15) is 15.3 Å². The van der Waals surface area contributed by atoms with Crippen molar-refractivity contribution in [1.29, 1.82) is 0 Å². The van der Waals surface area contributed by atoms with E-state index in [1.807, 2.05) is 88.9 Å². The van der Waals surface area contributed by atoms with Crippen LogP contribution in [0.5, 0.6) is 28.7 Å². The SMILES string of the molecule is Cc1cc(O)c(C)c(Oc2cccc(N(c3cc(O)c(C)cc3C)c3cc(O)c(C)cc3C)c2)c1. The number of nitrogens with zero attached hydrogens (tertiary/aromatic N) is 1. The molecule has 0 saturated carbocycles. The Kier molecular flexibility index (Phi) is 6.35. The predicted octanol–water partition coefficient (Wildman–Crippen LogP) is 7.92. The first-order valence-electron chi connectivity index (χ1n) is 11.5.